The molecular formula is C27H32O14. The molecule has 2 aromatic carbocycles. The number of carbonyl (C=O) groups excluding carboxylic acids is 2. The van der Waals surface area contributed by atoms with Crippen LogP contribution in [-0.4, -0.2) is 111 Å². The summed E-state index contributed by atoms with van der Waals surface area (Å²) < 4.78 is 33.3. The first-order valence-electron chi connectivity index (χ1n) is 12.7. The molecule has 0 aromatic heterocycles. The average Bonchev–Trinajstić information content (AvgIpc) is 2.93. The minimum atomic E-state index is -1.69. The highest BCUT2D eigenvalue weighted by atomic mass is 16.7. The number of esters is 2. The SMILES string of the molecule is CC(=O)O[C@H]1[C@H](OC[C@H]2O[C@@H](Oc3ccc(O)cc3)[C@H](O)[C@@H](O)[C@@H]2O)O[C@@H](C)[C@H](OC(=O)c2ccc(O)cc2)[C@H]1O. The molecule has 14 nitrogen and oxygen atoms in total. The quantitative estimate of drug-likeness (QED) is 0.219. The van der Waals surface area contributed by atoms with Crippen molar-refractivity contribution in [3.63, 3.8) is 0 Å². The number of carbonyl (C=O) groups is 2. The van der Waals surface area contributed by atoms with Crippen molar-refractivity contribution in [3.05, 3.63) is 54.1 Å². The van der Waals surface area contributed by atoms with Crippen LogP contribution in [0.2, 0.25) is 0 Å². The standard InChI is InChI=1S/C27H32O14/c1-12-23(41-25(35)14-3-5-15(29)6-4-14)22(34)24(38-13(2)28)27(37-12)36-11-18-19(31)20(32)21(33)26(40-18)39-17-9-7-16(30)8-10-17/h3-10,12,18-24,26-27,29-34H,11H2,1-2H3/t12-,18+,19+,20-,21+,22+,23-,24+,26+,27+/m0/s1. The molecule has 0 unspecified atom stereocenters. The van der Waals surface area contributed by atoms with Crippen LogP contribution in [-0.2, 0) is 28.5 Å². The summed E-state index contributed by atoms with van der Waals surface area (Å²) in [6.45, 7) is 2.11. The molecule has 6 N–H and O–H groups in total. The van der Waals surface area contributed by atoms with Crippen LogP contribution in [0.1, 0.15) is 24.2 Å². The van der Waals surface area contributed by atoms with Gasteiger partial charge in [0.2, 0.25) is 6.29 Å². The predicted octanol–water partition coefficient (Wildman–Crippen LogP) is -0.436. The molecule has 2 fully saturated rings. The maximum absolute atomic E-state index is 12.6. The number of phenols is 2. The van der Waals surface area contributed by atoms with Gasteiger partial charge in [0.05, 0.1) is 18.3 Å². The first kappa shape index (κ1) is 30.5. The zero-order valence-electron chi connectivity index (χ0n) is 22.0. The van der Waals surface area contributed by atoms with E-state index in [1.807, 2.05) is 0 Å². The third kappa shape index (κ3) is 7.23. The zero-order chi connectivity index (χ0) is 29.8. The Morgan fingerprint density at radius 3 is 1.98 bits per heavy atom. The van der Waals surface area contributed by atoms with Crippen molar-refractivity contribution in [1.29, 1.82) is 0 Å². The van der Waals surface area contributed by atoms with E-state index in [0.717, 1.165) is 6.92 Å². The summed E-state index contributed by atoms with van der Waals surface area (Å²) in [5.41, 5.74) is 0.0952. The predicted molar refractivity (Wildman–Crippen MR) is 135 cm³/mol. The van der Waals surface area contributed by atoms with Gasteiger partial charge in [0, 0.05) is 6.92 Å². The van der Waals surface area contributed by atoms with Crippen molar-refractivity contribution in [1.82, 2.24) is 0 Å². The fourth-order valence-corrected chi connectivity index (χ4v) is 4.40. The number of aliphatic hydroxyl groups excluding tert-OH is 4. The van der Waals surface area contributed by atoms with Crippen molar-refractivity contribution in [3.8, 4) is 17.2 Å². The van der Waals surface area contributed by atoms with Gasteiger partial charge >= 0.3 is 11.9 Å². The number of aromatic hydroxyl groups is 2. The third-order valence-corrected chi connectivity index (χ3v) is 6.58. The largest absolute Gasteiger partial charge is 0.508 e. The van der Waals surface area contributed by atoms with E-state index in [-0.39, 0.29) is 22.8 Å². The Kier molecular flexibility index (Phi) is 9.65. The van der Waals surface area contributed by atoms with E-state index < -0.39 is 80.0 Å². The van der Waals surface area contributed by atoms with E-state index in [1.54, 1.807) is 0 Å². The van der Waals surface area contributed by atoms with Crippen molar-refractivity contribution >= 4 is 11.9 Å². The molecule has 2 aliphatic rings. The molecule has 224 valence electrons. The molecule has 2 aromatic rings. The molecule has 2 saturated heterocycles. The van der Waals surface area contributed by atoms with Gasteiger partial charge in [0.25, 0.3) is 0 Å². The molecule has 14 heteroatoms. The molecule has 0 radical (unpaired) electrons. The van der Waals surface area contributed by atoms with Crippen LogP contribution in [0.3, 0.4) is 0 Å². The first-order valence-corrected chi connectivity index (χ1v) is 12.7. The van der Waals surface area contributed by atoms with E-state index in [9.17, 15) is 40.2 Å². The number of rotatable bonds is 8. The molecule has 4 rings (SSSR count). The Balaban J connectivity index is 1.43. The summed E-state index contributed by atoms with van der Waals surface area (Å²) in [4.78, 5) is 24.4. The van der Waals surface area contributed by atoms with E-state index >= 15 is 0 Å². The van der Waals surface area contributed by atoms with Gasteiger partial charge in [-0.1, -0.05) is 0 Å². The molecule has 41 heavy (non-hydrogen) atoms. The van der Waals surface area contributed by atoms with Crippen molar-refractivity contribution in [2.75, 3.05) is 6.61 Å². The van der Waals surface area contributed by atoms with Crippen LogP contribution in [0.15, 0.2) is 48.5 Å². The molecule has 0 spiro atoms. The van der Waals surface area contributed by atoms with Gasteiger partial charge in [-0.25, -0.2) is 4.79 Å². The minimum absolute atomic E-state index is 0.0206. The molecule has 0 saturated carbocycles. The van der Waals surface area contributed by atoms with Gasteiger partial charge in [0.15, 0.2) is 18.5 Å². The molecule has 2 aliphatic heterocycles. The Morgan fingerprint density at radius 1 is 0.756 bits per heavy atom. The van der Waals surface area contributed by atoms with E-state index in [2.05, 4.69) is 0 Å². The Labute approximate surface area is 234 Å². The highest BCUT2D eigenvalue weighted by Gasteiger charge is 2.50. The smallest absolute Gasteiger partial charge is 0.338 e. The number of phenolic OH excluding ortho intramolecular Hbond substituents is 2. The fourth-order valence-electron chi connectivity index (χ4n) is 4.40. The van der Waals surface area contributed by atoms with Gasteiger partial charge < -0.3 is 59.1 Å². The Bertz CT molecular complexity index is 1170. The van der Waals surface area contributed by atoms with Gasteiger partial charge in [-0.3, -0.25) is 4.79 Å². The van der Waals surface area contributed by atoms with Crippen molar-refractivity contribution < 1.29 is 68.6 Å². The second-order valence-electron chi connectivity index (χ2n) is 9.65. The maximum atomic E-state index is 12.6. The summed E-state index contributed by atoms with van der Waals surface area (Å²) in [5, 5.41) is 61.1. The van der Waals surface area contributed by atoms with E-state index in [0.29, 0.717) is 0 Å². The summed E-state index contributed by atoms with van der Waals surface area (Å²) >= 11 is 0. The summed E-state index contributed by atoms with van der Waals surface area (Å²) in [5.74, 6) is -1.49. The molecule has 0 bridgehead atoms. The monoisotopic (exact) mass is 580 g/mol. The minimum Gasteiger partial charge on any atom is -0.508 e. The van der Waals surface area contributed by atoms with Crippen LogP contribution in [0.5, 0.6) is 17.2 Å². The highest BCUT2D eigenvalue weighted by Crippen LogP contribution is 2.30. The first-order chi connectivity index (χ1) is 19.4. The van der Waals surface area contributed by atoms with Crippen LogP contribution >= 0.6 is 0 Å². The Morgan fingerprint density at radius 2 is 1.37 bits per heavy atom. The van der Waals surface area contributed by atoms with Gasteiger partial charge in [0.1, 0.15) is 47.8 Å². The normalized spacial score (nSPS) is 33.5. The molecular weight excluding hydrogens is 548 g/mol. The molecule has 0 aliphatic carbocycles. The second-order valence-corrected chi connectivity index (χ2v) is 9.65. The lowest BCUT2D eigenvalue weighted by atomic mass is 9.98. The summed E-state index contributed by atoms with van der Waals surface area (Å²) in [7, 11) is 0. The number of aliphatic hydroxyl groups is 4. The van der Waals surface area contributed by atoms with Crippen LogP contribution in [0.25, 0.3) is 0 Å². The van der Waals surface area contributed by atoms with Crippen LogP contribution in [0.4, 0.5) is 0 Å². The van der Waals surface area contributed by atoms with E-state index in [1.165, 1.54) is 55.5 Å². The lowest BCUT2D eigenvalue weighted by Gasteiger charge is -2.43. The number of ether oxygens (including phenoxy) is 6. The van der Waals surface area contributed by atoms with Crippen LogP contribution < -0.4 is 4.74 Å². The maximum Gasteiger partial charge on any atom is 0.338 e. The lowest BCUT2D eigenvalue weighted by Crippen LogP contribution is -2.62. The topological polar surface area (TPSA) is 211 Å². The fraction of sp³-hybridized carbons (Fsp3) is 0.481. The van der Waals surface area contributed by atoms with Gasteiger partial charge in [-0.05, 0) is 55.5 Å². The van der Waals surface area contributed by atoms with Crippen molar-refractivity contribution in [2.24, 2.45) is 0 Å². The third-order valence-electron chi connectivity index (χ3n) is 6.58. The second kappa shape index (κ2) is 13.0. The Hall–Kier alpha value is -3.50. The molecule has 10 atom stereocenters. The highest BCUT2D eigenvalue weighted by molar-refractivity contribution is 5.89. The summed E-state index contributed by atoms with van der Waals surface area (Å²) in [6, 6.07) is 10.7. The van der Waals surface area contributed by atoms with Gasteiger partial charge in [-0.2, -0.15) is 0 Å². The van der Waals surface area contributed by atoms with Gasteiger partial charge in [-0.15, -0.1) is 0 Å². The zero-order valence-corrected chi connectivity index (χ0v) is 22.0. The van der Waals surface area contributed by atoms with Crippen LogP contribution in [0, 0.1) is 0 Å². The molecule has 2 heterocycles. The average molecular weight is 581 g/mol. The summed E-state index contributed by atoms with van der Waals surface area (Å²) in [6.07, 6.45) is -14.4. The number of hydrogen-bond donors (Lipinski definition) is 6. The number of hydrogen-bond acceptors (Lipinski definition) is 14. The molecule has 0 amide bonds. The van der Waals surface area contributed by atoms with Crippen molar-refractivity contribution in [2.45, 2.75) is 75.3 Å². The lowest BCUT2D eigenvalue weighted by molar-refractivity contribution is -0.319. The van der Waals surface area contributed by atoms with E-state index in [4.69, 9.17) is 28.4 Å². The number of benzene rings is 2.